The van der Waals surface area contributed by atoms with Crippen LogP contribution in [0.2, 0.25) is 0 Å². The Balaban J connectivity index is 1.61. The molecule has 2 aliphatic rings. The lowest BCUT2D eigenvalue weighted by atomic mass is 9.88. The minimum Gasteiger partial charge on any atom is -0.485 e. The molecule has 9 nitrogen and oxygen atoms in total. The van der Waals surface area contributed by atoms with Gasteiger partial charge in [0.1, 0.15) is 11.9 Å². The van der Waals surface area contributed by atoms with Gasteiger partial charge in [-0.1, -0.05) is 32.3 Å². The zero-order valence-corrected chi connectivity index (χ0v) is 23.4. The standard InChI is InChI=1S/C30H39FN4O5/c1-19-16-35(20(2)18-36)29(38)24-10-7-11-25(33-28(37)21-8-5-4-6-9-21)27(24)40-26(19)17-34(3)30(39)32-23-14-12-22(31)13-15-23/h7,10-15,19-21,26,36H,4-6,8-9,16-18H2,1-3H3,(H,32,39)(H,33,37)/t19-,20+,26-/m1/s1. The molecule has 10 heteroatoms. The molecule has 216 valence electrons. The zero-order chi connectivity index (χ0) is 28.8. The number of benzene rings is 2. The van der Waals surface area contributed by atoms with E-state index in [2.05, 4.69) is 10.6 Å². The van der Waals surface area contributed by atoms with Gasteiger partial charge in [-0.25, -0.2) is 9.18 Å². The fourth-order valence-corrected chi connectivity index (χ4v) is 5.26. The number of anilines is 2. The van der Waals surface area contributed by atoms with Gasteiger partial charge in [-0.05, 0) is 56.2 Å². The third-order valence-corrected chi connectivity index (χ3v) is 7.82. The average molecular weight is 555 g/mol. The summed E-state index contributed by atoms with van der Waals surface area (Å²) >= 11 is 0. The summed E-state index contributed by atoms with van der Waals surface area (Å²) in [6, 6.07) is 9.74. The van der Waals surface area contributed by atoms with Crippen molar-refractivity contribution in [1.29, 1.82) is 0 Å². The Morgan fingerprint density at radius 2 is 1.82 bits per heavy atom. The lowest BCUT2D eigenvalue weighted by Crippen LogP contribution is -2.50. The van der Waals surface area contributed by atoms with Crippen molar-refractivity contribution in [3.63, 3.8) is 0 Å². The second-order valence-electron chi connectivity index (χ2n) is 10.9. The highest BCUT2D eigenvalue weighted by Gasteiger charge is 2.35. The SMILES string of the molecule is C[C@@H]1CN([C@@H](C)CO)C(=O)c2cccc(NC(=O)C3CCCCC3)c2O[C@@H]1CN(C)C(=O)Nc1ccc(F)cc1. The summed E-state index contributed by atoms with van der Waals surface area (Å²) in [5, 5.41) is 15.6. The second-order valence-corrected chi connectivity index (χ2v) is 10.9. The number of likely N-dealkylation sites (N-methyl/N-ethyl adjacent to an activating group) is 1. The minimum atomic E-state index is -0.544. The Labute approximate surface area is 234 Å². The quantitative estimate of drug-likeness (QED) is 0.458. The highest BCUT2D eigenvalue weighted by molar-refractivity contribution is 6.02. The predicted octanol–water partition coefficient (Wildman–Crippen LogP) is 4.73. The Kier molecular flexibility index (Phi) is 9.63. The summed E-state index contributed by atoms with van der Waals surface area (Å²) < 4.78 is 19.8. The van der Waals surface area contributed by atoms with Crippen molar-refractivity contribution >= 4 is 29.2 Å². The summed E-state index contributed by atoms with van der Waals surface area (Å²) in [6.07, 6.45) is 4.27. The van der Waals surface area contributed by atoms with Crippen LogP contribution in [0.15, 0.2) is 42.5 Å². The number of aliphatic hydroxyl groups excluding tert-OH is 1. The van der Waals surface area contributed by atoms with E-state index in [1.807, 2.05) is 6.92 Å². The molecule has 0 bridgehead atoms. The Morgan fingerprint density at radius 3 is 2.50 bits per heavy atom. The highest BCUT2D eigenvalue weighted by atomic mass is 19.1. The zero-order valence-electron chi connectivity index (χ0n) is 23.4. The molecule has 2 aromatic carbocycles. The number of amides is 4. The molecule has 1 aliphatic heterocycles. The van der Waals surface area contributed by atoms with E-state index in [1.54, 1.807) is 37.1 Å². The van der Waals surface area contributed by atoms with Crippen LogP contribution in [0.25, 0.3) is 0 Å². The summed E-state index contributed by atoms with van der Waals surface area (Å²) in [6.45, 7) is 3.97. The molecule has 3 N–H and O–H groups in total. The molecule has 1 aliphatic carbocycles. The van der Waals surface area contributed by atoms with Gasteiger partial charge >= 0.3 is 6.03 Å². The summed E-state index contributed by atoms with van der Waals surface area (Å²) in [7, 11) is 1.63. The number of carbonyl (C=O) groups excluding carboxylic acids is 3. The van der Waals surface area contributed by atoms with Gasteiger partial charge in [0, 0.05) is 31.1 Å². The number of urea groups is 1. The van der Waals surface area contributed by atoms with Gasteiger partial charge in [0.05, 0.1) is 30.4 Å². The molecule has 3 atom stereocenters. The van der Waals surface area contributed by atoms with Crippen LogP contribution in [0, 0.1) is 17.7 Å². The molecule has 4 amide bonds. The van der Waals surface area contributed by atoms with Crippen molar-refractivity contribution < 1.29 is 28.6 Å². The molecule has 0 radical (unpaired) electrons. The van der Waals surface area contributed by atoms with Crippen LogP contribution < -0.4 is 15.4 Å². The van der Waals surface area contributed by atoms with E-state index in [-0.39, 0.29) is 48.1 Å². The number of rotatable bonds is 7. The van der Waals surface area contributed by atoms with Gasteiger partial charge < -0.3 is 30.3 Å². The van der Waals surface area contributed by atoms with Gasteiger partial charge in [0.25, 0.3) is 5.91 Å². The van der Waals surface area contributed by atoms with Crippen LogP contribution in [0.3, 0.4) is 0 Å². The predicted molar refractivity (Wildman–Crippen MR) is 151 cm³/mol. The molecule has 0 saturated heterocycles. The molecule has 1 heterocycles. The molecule has 0 spiro atoms. The first-order valence-corrected chi connectivity index (χ1v) is 14.0. The minimum absolute atomic E-state index is 0.0872. The average Bonchev–Trinajstić information content (AvgIpc) is 2.96. The number of para-hydroxylation sites is 1. The Morgan fingerprint density at radius 1 is 1.12 bits per heavy atom. The third-order valence-electron chi connectivity index (χ3n) is 7.82. The van der Waals surface area contributed by atoms with E-state index >= 15 is 0 Å². The van der Waals surface area contributed by atoms with Crippen LogP contribution in [0.1, 0.15) is 56.3 Å². The number of nitrogens with one attached hydrogen (secondary N) is 2. The van der Waals surface area contributed by atoms with E-state index in [1.165, 1.54) is 29.2 Å². The van der Waals surface area contributed by atoms with E-state index in [4.69, 9.17) is 4.74 Å². The van der Waals surface area contributed by atoms with Crippen molar-refractivity contribution in [2.75, 3.05) is 37.4 Å². The summed E-state index contributed by atoms with van der Waals surface area (Å²) in [5.41, 5.74) is 1.16. The highest BCUT2D eigenvalue weighted by Crippen LogP contribution is 2.36. The Hall–Kier alpha value is -3.66. The van der Waals surface area contributed by atoms with E-state index in [0.717, 1.165) is 32.1 Å². The molecule has 0 aromatic heterocycles. The molecular weight excluding hydrogens is 515 g/mol. The number of hydrogen-bond acceptors (Lipinski definition) is 5. The summed E-state index contributed by atoms with van der Waals surface area (Å²) in [4.78, 5) is 42.8. The molecule has 0 unspecified atom stereocenters. The molecule has 40 heavy (non-hydrogen) atoms. The van der Waals surface area contributed by atoms with Crippen LogP contribution in [0.5, 0.6) is 5.75 Å². The number of halogens is 1. The largest absolute Gasteiger partial charge is 0.485 e. The molecule has 1 saturated carbocycles. The maximum atomic E-state index is 13.7. The third kappa shape index (κ3) is 6.91. The van der Waals surface area contributed by atoms with Crippen molar-refractivity contribution in [3.8, 4) is 5.75 Å². The normalized spacial score (nSPS) is 20.4. The van der Waals surface area contributed by atoms with E-state index in [9.17, 15) is 23.9 Å². The molecule has 4 rings (SSSR count). The Bertz CT molecular complexity index is 1200. The fraction of sp³-hybridized carbons (Fsp3) is 0.500. The van der Waals surface area contributed by atoms with E-state index < -0.39 is 24.0 Å². The molecule has 2 aromatic rings. The van der Waals surface area contributed by atoms with Crippen molar-refractivity contribution in [2.24, 2.45) is 11.8 Å². The van der Waals surface area contributed by atoms with E-state index in [0.29, 0.717) is 17.9 Å². The summed E-state index contributed by atoms with van der Waals surface area (Å²) in [5.74, 6) is -0.838. The number of carbonyl (C=O) groups is 3. The first kappa shape index (κ1) is 29.3. The van der Waals surface area contributed by atoms with Gasteiger partial charge in [-0.15, -0.1) is 0 Å². The molecular formula is C30H39FN4O5. The van der Waals surface area contributed by atoms with Crippen LogP contribution >= 0.6 is 0 Å². The number of aliphatic hydroxyl groups is 1. The number of ether oxygens (including phenoxy) is 1. The van der Waals surface area contributed by atoms with Crippen molar-refractivity contribution in [3.05, 3.63) is 53.8 Å². The second kappa shape index (κ2) is 13.1. The van der Waals surface area contributed by atoms with Crippen LogP contribution in [-0.2, 0) is 4.79 Å². The number of hydrogen-bond donors (Lipinski definition) is 3. The van der Waals surface area contributed by atoms with Gasteiger partial charge in [-0.2, -0.15) is 0 Å². The monoisotopic (exact) mass is 554 g/mol. The smallest absolute Gasteiger partial charge is 0.321 e. The lowest BCUT2D eigenvalue weighted by molar-refractivity contribution is -0.120. The maximum absolute atomic E-state index is 13.7. The number of fused-ring (bicyclic) bond motifs is 1. The topological polar surface area (TPSA) is 111 Å². The first-order valence-electron chi connectivity index (χ1n) is 14.0. The van der Waals surface area contributed by atoms with Gasteiger partial charge in [0.15, 0.2) is 5.75 Å². The van der Waals surface area contributed by atoms with Crippen molar-refractivity contribution in [2.45, 2.75) is 58.1 Å². The van der Waals surface area contributed by atoms with Crippen molar-refractivity contribution in [1.82, 2.24) is 9.80 Å². The number of nitrogens with zero attached hydrogens (tertiary/aromatic N) is 2. The fourth-order valence-electron chi connectivity index (χ4n) is 5.26. The first-order chi connectivity index (χ1) is 19.2. The maximum Gasteiger partial charge on any atom is 0.321 e. The molecule has 1 fully saturated rings. The van der Waals surface area contributed by atoms with Crippen LogP contribution in [-0.4, -0.2) is 71.6 Å². The van der Waals surface area contributed by atoms with Gasteiger partial charge in [0.2, 0.25) is 5.91 Å². The lowest BCUT2D eigenvalue weighted by Gasteiger charge is -2.38. The van der Waals surface area contributed by atoms with Crippen LogP contribution in [0.4, 0.5) is 20.6 Å². The van der Waals surface area contributed by atoms with Gasteiger partial charge in [-0.3, -0.25) is 9.59 Å².